The number of hydrogen-bond acceptors (Lipinski definition) is 5. The number of nitro benzene ring substituents is 1. The zero-order chi connectivity index (χ0) is 19.3. The maximum absolute atomic E-state index is 12.0. The van der Waals surface area contributed by atoms with Gasteiger partial charge in [0, 0.05) is 24.2 Å². The average Bonchev–Trinajstić information content (AvgIpc) is 2.58. The molecular weight excluding hydrogens is 334 g/mol. The van der Waals surface area contributed by atoms with E-state index in [4.69, 9.17) is 0 Å². The highest BCUT2D eigenvalue weighted by Crippen LogP contribution is 2.26. The van der Waals surface area contributed by atoms with Gasteiger partial charge in [-0.25, -0.2) is 0 Å². The fourth-order valence-corrected chi connectivity index (χ4v) is 2.52. The van der Waals surface area contributed by atoms with Crippen LogP contribution in [-0.4, -0.2) is 28.5 Å². The van der Waals surface area contributed by atoms with Crippen molar-refractivity contribution in [1.29, 1.82) is 0 Å². The van der Waals surface area contributed by atoms with E-state index in [1.54, 1.807) is 6.07 Å². The molecule has 7 heteroatoms. The number of anilines is 1. The molecule has 0 fully saturated rings. The Hall–Kier alpha value is -2.93. The molecule has 2 rings (SSSR count). The lowest BCUT2D eigenvalue weighted by Gasteiger charge is -2.14. The van der Waals surface area contributed by atoms with Gasteiger partial charge in [0.1, 0.15) is 5.69 Å². The lowest BCUT2D eigenvalue weighted by molar-refractivity contribution is -0.384. The van der Waals surface area contributed by atoms with Gasteiger partial charge in [0.25, 0.3) is 11.6 Å². The van der Waals surface area contributed by atoms with E-state index < -0.39 is 11.0 Å². The van der Waals surface area contributed by atoms with Crippen molar-refractivity contribution < 1.29 is 14.8 Å². The third-order valence-electron chi connectivity index (χ3n) is 3.79. The Morgan fingerprint density at radius 1 is 1.23 bits per heavy atom. The summed E-state index contributed by atoms with van der Waals surface area (Å²) in [7, 11) is 0. The summed E-state index contributed by atoms with van der Waals surface area (Å²) in [4.78, 5) is 22.8. The molecule has 7 nitrogen and oxygen atoms in total. The normalized spacial score (nSPS) is 11.9. The van der Waals surface area contributed by atoms with Gasteiger partial charge in [0.05, 0.1) is 11.0 Å². The second-order valence-corrected chi connectivity index (χ2v) is 6.43. The lowest BCUT2D eigenvalue weighted by atomic mass is 10.1. The van der Waals surface area contributed by atoms with Crippen molar-refractivity contribution in [2.24, 2.45) is 0 Å². The predicted octanol–water partition coefficient (Wildman–Crippen LogP) is 3.19. The van der Waals surface area contributed by atoms with Crippen LogP contribution < -0.4 is 10.6 Å². The standard InChI is InChI=1S/C19H23N3O4/c1-12(2)21-19(24)15-7-8-16(17(10-15)22(25)26)20-11-18(23)14-6-4-5-13(3)9-14/h4-10,12,18,20,23H,11H2,1-3H3,(H,21,24). The monoisotopic (exact) mass is 357 g/mol. The molecule has 1 unspecified atom stereocenters. The maximum Gasteiger partial charge on any atom is 0.293 e. The predicted molar refractivity (Wildman–Crippen MR) is 100 cm³/mol. The molecule has 0 saturated heterocycles. The topological polar surface area (TPSA) is 104 Å². The highest BCUT2D eigenvalue weighted by Gasteiger charge is 2.19. The first-order valence-electron chi connectivity index (χ1n) is 8.35. The quantitative estimate of drug-likeness (QED) is 0.521. The lowest BCUT2D eigenvalue weighted by Crippen LogP contribution is -2.30. The summed E-state index contributed by atoms with van der Waals surface area (Å²) in [6, 6.07) is 11.6. The maximum atomic E-state index is 12.0. The molecule has 0 aliphatic rings. The van der Waals surface area contributed by atoms with Crippen LogP contribution in [0.3, 0.4) is 0 Å². The molecule has 0 heterocycles. The number of aliphatic hydroxyl groups is 1. The largest absolute Gasteiger partial charge is 0.387 e. The number of carbonyl (C=O) groups excluding carboxylic acids is 1. The highest BCUT2D eigenvalue weighted by atomic mass is 16.6. The van der Waals surface area contributed by atoms with Crippen molar-refractivity contribution in [1.82, 2.24) is 5.32 Å². The van der Waals surface area contributed by atoms with Gasteiger partial charge in [0.2, 0.25) is 0 Å². The molecule has 3 N–H and O–H groups in total. The number of nitro groups is 1. The van der Waals surface area contributed by atoms with Crippen LogP contribution in [0, 0.1) is 17.0 Å². The smallest absolute Gasteiger partial charge is 0.293 e. The number of amides is 1. The van der Waals surface area contributed by atoms with Gasteiger partial charge in [-0.3, -0.25) is 14.9 Å². The van der Waals surface area contributed by atoms with Crippen molar-refractivity contribution in [3.8, 4) is 0 Å². The van der Waals surface area contributed by atoms with Crippen molar-refractivity contribution in [2.45, 2.75) is 32.9 Å². The van der Waals surface area contributed by atoms with Crippen LogP contribution in [0.1, 0.15) is 41.4 Å². The Morgan fingerprint density at radius 2 is 1.96 bits per heavy atom. The first-order chi connectivity index (χ1) is 12.3. The van der Waals surface area contributed by atoms with Gasteiger partial charge in [0.15, 0.2) is 0 Å². The van der Waals surface area contributed by atoms with Crippen LogP contribution in [0.4, 0.5) is 11.4 Å². The van der Waals surface area contributed by atoms with Crippen LogP contribution in [0.25, 0.3) is 0 Å². The number of aliphatic hydroxyl groups excluding tert-OH is 1. The van der Waals surface area contributed by atoms with Crippen molar-refractivity contribution in [3.05, 3.63) is 69.3 Å². The van der Waals surface area contributed by atoms with Crippen molar-refractivity contribution in [2.75, 3.05) is 11.9 Å². The molecule has 0 bridgehead atoms. The van der Waals surface area contributed by atoms with Gasteiger partial charge in [-0.15, -0.1) is 0 Å². The molecule has 1 amide bonds. The molecule has 138 valence electrons. The highest BCUT2D eigenvalue weighted by molar-refractivity contribution is 5.95. The molecule has 2 aromatic rings. The zero-order valence-electron chi connectivity index (χ0n) is 15.0. The number of nitrogens with one attached hydrogen (secondary N) is 2. The molecule has 0 radical (unpaired) electrons. The Kier molecular flexibility index (Phi) is 6.30. The molecule has 2 aromatic carbocycles. The number of carbonyl (C=O) groups is 1. The van der Waals surface area contributed by atoms with E-state index in [2.05, 4.69) is 10.6 Å². The molecule has 0 aliphatic carbocycles. The number of aryl methyl sites for hydroxylation is 1. The van der Waals surface area contributed by atoms with Crippen LogP contribution in [0.15, 0.2) is 42.5 Å². The zero-order valence-corrected chi connectivity index (χ0v) is 15.0. The van der Waals surface area contributed by atoms with Crippen LogP contribution >= 0.6 is 0 Å². The summed E-state index contributed by atoms with van der Waals surface area (Å²) in [5, 5.41) is 27.2. The van der Waals surface area contributed by atoms with E-state index in [9.17, 15) is 20.0 Å². The number of nitrogens with zero attached hydrogens (tertiary/aromatic N) is 1. The van der Waals surface area contributed by atoms with Gasteiger partial charge in [-0.1, -0.05) is 29.8 Å². The minimum absolute atomic E-state index is 0.0659. The number of benzene rings is 2. The Bertz CT molecular complexity index is 805. The van der Waals surface area contributed by atoms with Crippen LogP contribution in [0.2, 0.25) is 0 Å². The van der Waals surface area contributed by atoms with E-state index >= 15 is 0 Å². The molecule has 0 saturated carbocycles. The Balaban J connectivity index is 2.15. The van der Waals surface area contributed by atoms with Crippen molar-refractivity contribution >= 4 is 17.3 Å². The Labute approximate surface area is 152 Å². The summed E-state index contributed by atoms with van der Waals surface area (Å²) in [5.41, 5.74) is 2.01. The second kappa shape index (κ2) is 8.44. The van der Waals surface area contributed by atoms with Gasteiger partial charge < -0.3 is 15.7 Å². The minimum atomic E-state index is -0.807. The average molecular weight is 357 g/mol. The molecule has 26 heavy (non-hydrogen) atoms. The molecule has 0 aromatic heterocycles. The van der Waals surface area contributed by atoms with Gasteiger partial charge >= 0.3 is 0 Å². The molecule has 1 atom stereocenters. The summed E-state index contributed by atoms with van der Waals surface area (Å²) < 4.78 is 0. The third-order valence-corrected chi connectivity index (χ3v) is 3.79. The molecule has 0 aliphatic heterocycles. The summed E-state index contributed by atoms with van der Waals surface area (Å²) in [5.74, 6) is -0.366. The Morgan fingerprint density at radius 3 is 2.58 bits per heavy atom. The number of rotatable bonds is 7. The first-order valence-corrected chi connectivity index (χ1v) is 8.35. The van der Waals surface area contributed by atoms with Crippen molar-refractivity contribution in [3.63, 3.8) is 0 Å². The summed E-state index contributed by atoms with van der Waals surface area (Å²) in [6.45, 7) is 5.67. The van der Waals surface area contributed by atoms with Crippen LogP contribution in [-0.2, 0) is 0 Å². The first kappa shape index (κ1) is 19.4. The summed E-state index contributed by atoms with van der Waals surface area (Å²) in [6.07, 6.45) is -0.807. The van der Waals surface area contributed by atoms with E-state index in [1.807, 2.05) is 39.0 Å². The SMILES string of the molecule is Cc1cccc(C(O)CNc2ccc(C(=O)NC(C)C)cc2[N+](=O)[O-])c1. The van der Waals surface area contributed by atoms with E-state index in [-0.39, 0.29) is 35.4 Å². The second-order valence-electron chi connectivity index (χ2n) is 6.43. The molecular formula is C19H23N3O4. The fourth-order valence-electron chi connectivity index (χ4n) is 2.52. The van der Waals surface area contributed by atoms with E-state index in [0.29, 0.717) is 0 Å². The van der Waals surface area contributed by atoms with Gasteiger partial charge in [-0.2, -0.15) is 0 Å². The molecule has 0 spiro atoms. The van der Waals surface area contributed by atoms with E-state index in [1.165, 1.54) is 18.2 Å². The minimum Gasteiger partial charge on any atom is -0.387 e. The van der Waals surface area contributed by atoms with Gasteiger partial charge in [-0.05, 0) is 38.5 Å². The fraction of sp³-hybridized carbons (Fsp3) is 0.316. The van der Waals surface area contributed by atoms with E-state index in [0.717, 1.165) is 11.1 Å². The summed E-state index contributed by atoms with van der Waals surface area (Å²) >= 11 is 0. The number of hydrogen-bond donors (Lipinski definition) is 3. The van der Waals surface area contributed by atoms with Crippen LogP contribution in [0.5, 0.6) is 0 Å². The third kappa shape index (κ3) is 5.03.